The Hall–Kier alpha value is -2.18. The number of halogens is 1. The van der Waals surface area contributed by atoms with Gasteiger partial charge in [0.2, 0.25) is 0 Å². The molecule has 1 amide bonds. The van der Waals surface area contributed by atoms with Crippen molar-refractivity contribution in [1.82, 2.24) is 5.32 Å². The van der Waals surface area contributed by atoms with Gasteiger partial charge < -0.3 is 0 Å². The van der Waals surface area contributed by atoms with Crippen molar-refractivity contribution in [3.8, 4) is 0 Å². The maximum absolute atomic E-state index is 12.1. The molecule has 1 heterocycles. The predicted molar refractivity (Wildman–Crippen MR) is 145 cm³/mol. The molecule has 1 N–H and O–H groups in total. The number of hydrogen-bond acceptors (Lipinski definition) is 5. The molecule has 0 radical (unpaired) electrons. The van der Waals surface area contributed by atoms with Gasteiger partial charge in [0.25, 0.3) is 0 Å². The molecule has 178 valence electrons. The molecule has 0 bridgehead atoms. The van der Waals surface area contributed by atoms with Crippen molar-refractivity contribution < 1.29 is 19.1 Å². The van der Waals surface area contributed by atoms with Crippen LogP contribution in [0.25, 0.3) is 0 Å². The van der Waals surface area contributed by atoms with Crippen molar-refractivity contribution in [2.75, 3.05) is 31.7 Å². The standard InChI is InChI=1S/C26H27BrNO4PS/c27-33(21-10-4-1-5-11-21,22-12-6-2-7-13-22,23-14-8-3-9-15-23)19-18-31-16-17-32-25(29)24-20-34-26(30)28-24/h1-15,24H,16-20H2,(H,28,30). The summed E-state index contributed by atoms with van der Waals surface area (Å²) in [5, 5.41) is 3.08. The summed E-state index contributed by atoms with van der Waals surface area (Å²) in [5.74, 6) is -0.0120. The molecule has 5 nitrogen and oxygen atoms in total. The number of nitrogens with one attached hydrogen (secondary N) is 1. The van der Waals surface area contributed by atoms with E-state index in [4.69, 9.17) is 9.47 Å². The Kier molecular flexibility index (Phi) is 8.10. The number of thioether (sulfide) groups is 1. The van der Waals surface area contributed by atoms with Crippen LogP contribution in [0, 0.1) is 0 Å². The van der Waals surface area contributed by atoms with Gasteiger partial charge in [0.05, 0.1) is 0 Å². The molecule has 1 aliphatic heterocycles. The molecule has 34 heavy (non-hydrogen) atoms. The molecular formula is C26H27BrNO4PS. The minimum atomic E-state index is -3.02. The molecule has 4 rings (SSSR count). The Bertz CT molecular complexity index is 1020. The first kappa shape index (κ1) is 24.9. The van der Waals surface area contributed by atoms with Gasteiger partial charge >= 0.3 is 213 Å². The van der Waals surface area contributed by atoms with Gasteiger partial charge in [-0.3, -0.25) is 0 Å². The van der Waals surface area contributed by atoms with Crippen molar-refractivity contribution in [2.45, 2.75) is 6.04 Å². The SMILES string of the molecule is O=C1NC(C(=O)OCCOCCP(Br)(c2ccccc2)(c2ccccc2)c2ccccc2)CS1. The van der Waals surface area contributed by atoms with E-state index in [1.807, 2.05) is 18.2 Å². The van der Waals surface area contributed by atoms with E-state index in [2.05, 4.69) is 93.6 Å². The number of ether oxygens (including phenoxy) is 2. The molecule has 1 saturated heterocycles. The van der Waals surface area contributed by atoms with Gasteiger partial charge in [0, 0.05) is 0 Å². The first-order chi connectivity index (χ1) is 16.5. The molecule has 0 spiro atoms. The molecule has 3 aromatic carbocycles. The summed E-state index contributed by atoms with van der Waals surface area (Å²) in [6.45, 7) is 0.920. The van der Waals surface area contributed by atoms with Crippen LogP contribution in [0.2, 0.25) is 0 Å². The molecule has 3 aromatic rings. The van der Waals surface area contributed by atoms with Crippen molar-refractivity contribution in [2.24, 2.45) is 0 Å². The molecule has 8 heteroatoms. The molecule has 1 aliphatic rings. The summed E-state index contributed by atoms with van der Waals surface area (Å²) in [6.07, 6.45) is 0.743. The maximum atomic E-state index is 12.1. The topological polar surface area (TPSA) is 64.6 Å². The summed E-state index contributed by atoms with van der Waals surface area (Å²) >= 11 is 5.48. The molecule has 1 fully saturated rings. The third-order valence-electron chi connectivity index (χ3n) is 5.97. The Morgan fingerprint density at radius 2 is 1.35 bits per heavy atom. The van der Waals surface area contributed by atoms with Gasteiger partial charge in [-0.05, 0) is 0 Å². The third-order valence-corrected chi connectivity index (χ3v) is 16.7. The fourth-order valence-electron chi connectivity index (χ4n) is 4.20. The van der Waals surface area contributed by atoms with Gasteiger partial charge in [-0.1, -0.05) is 0 Å². The zero-order valence-electron chi connectivity index (χ0n) is 18.6. The number of carbonyl (C=O) groups excluding carboxylic acids is 2. The second-order valence-corrected chi connectivity index (χ2v) is 18.0. The molecule has 0 aliphatic carbocycles. The molecule has 1 unspecified atom stereocenters. The van der Waals surface area contributed by atoms with Crippen molar-refractivity contribution in [1.29, 1.82) is 0 Å². The van der Waals surface area contributed by atoms with E-state index in [1.165, 1.54) is 15.9 Å². The molecular weight excluding hydrogens is 533 g/mol. The molecule has 1 atom stereocenters. The normalized spacial score (nSPS) is 16.9. The average molecular weight is 560 g/mol. The van der Waals surface area contributed by atoms with Crippen LogP contribution < -0.4 is 21.2 Å². The van der Waals surface area contributed by atoms with E-state index in [1.54, 1.807) is 0 Å². The van der Waals surface area contributed by atoms with Crippen molar-refractivity contribution >= 4 is 59.7 Å². The van der Waals surface area contributed by atoms with Crippen LogP contribution >= 0.6 is 32.6 Å². The zero-order chi connectivity index (χ0) is 23.9. The first-order valence-electron chi connectivity index (χ1n) is 11.1. The Morgan fingerprint density at radius 1 is 0.853 bits per heavy atom. The monoisotopic (exact) mass is 559 g/mol. The number of benzene rings is 3. The van der Waals surface area contributed by atoms with Gasteiger partial charge in [-0.25, -0.2) is 0 Å². The quantitative estimate of drug-likeness (QED) is 0.229. The first-order valence-corrected chi connectivity index (χ1v) is 16.5. The van der Waals surface area contributed by atoms with Crippen LogP contribution in [0.5, 0.6) is 0 Å². The van der Waals surface area contributed by atoms with Crippen molar-refractivity contribution in [3.63, 3.8) is 0 Å². The van der Waals surface area contributed by atoms with E-state index >= 15 is 0 Å². The van der Waals surface area contributed by atoms with Gasteiger partial charge in [-0.2, -0.15) is 0 Å². The van der Waals surface area contributed by atoms with Crippen LogP contribution in [0.3, 0.4) is 0 Å². The van der Waals surface area contributed by atoms with Gasteiger partial charge in [0.1, 0.15) is 0 Å². The number of carbonyl (C=O) groups is 2. The van der Waals surface area contributed by atoms with Crippen LogP contribution in [0.1, 0.15) is 0 Å². The van der Waals surface area contributed by atoms with Crippen LogP contribution in [-0.4, -0.2) is 49.0 Å². The fourth-order valence-corrected chi connectivity index (χ4v) is 12.0. The summed E-state index contributed by atoms with van der Waals surface area (Å²) < 4.78 is 11.3. The Labute approximate surface area is 212 Å². The second-order valence-electron chi connectivity index (χ2n) is 7.99. The predicted octanol–water partition coefficient (Wildman–Crippen LogP) is 4.21. The minimum absolute atomic E-state index is 0.149. The average Bonchev–Trinajstić information content (AvgIpc) is 3.34. The van der Waals surface area contributed by atoms with Gasteiger partial charge in [0.15, 0.2) is 0 Å². The second kappa shape index (κ2) is 11.0. The summed E-state index contributed by atoms with van der Waals surface area (Å²) in [5.41, 5.74) is 0. The Morgan fingerprint density at radius 3 is 1.79 bits per heavy atom. The van der Waals surface area contributed by atoms with E-state index < -0.39 is 17.3 Å². The van der Waals surface area contributed by atoms with Crippen molar-refractivity contribution in [3.05, 3.63) is 91.0 Å². The summed E-state index contributed by atoms with van der Waals surface area (Å²) in [7, 11) is 0. The Balaban J connectivity index is 1.52. The van der Waals surface area contributed by atoms with Crippen LogP contribution in [0.15, 0.2) is 91.0 Å². The fraction of sp³-hybridized carbons (Fsp3) is 0.231. The van der Waals surface area contributed by atoms with Crippen LogP contribution in [-0.2, 0) is 14.3 Å². The third kappa shape index (κ3) is 5.08. The summed E-state index contributed by atoms with van der Waals surface area (Å²) in [6, 6.07) is 31.1. The number of rotatable bonds is 10. The number of amides is 1. The van der Waals surface area contributed by atoms with E-state index in [0.29, 0.717) is 12.4 Å². The van der Waals surface area contributed by atoms with E-state index in [-0.39, 0.29) is 18.5 Å². The van der Waals surface area contributed by atoms with E-state index in [0.717, 1.165) is 17.9 Å². The van der Waals surface area contributed by atoms with Crippen LogP contribution in [0.4, 0.5) is 4.79 Å². The summed E-state index contributed by atoms with van der Waals surface area (Å²) in [4.78, 5) is 23.3. The number of hydrogen-bond donors (Lipinski definition) is 1. The molecule has 0 aromatic heterocycles. The van der Waals surface area contributed by atoms with E-state index in [9.17, 15) is 9.59 Å². The zero-order valence-corrected chi connectivity index (χ0v) is 21.9. The number of esters is 1. The van der Waals surface area contributed by atoms with Gasteiger partial charge in [-0.15, -0.1) is 0 Å². The molecule has 0 saturated carbocycles.